The quantitative estimate of drug-likeness (QED) is 0.0354. The second-order valence-corrected chi connectivity index (χ2v) is 19.9. The van der Waals surface area contributed by atoms with Crippen molar-refractivity contribution in [3.05, 3.63) is 0 Å². The molecule has 0 aromatic rings. The summed E-state index contributed by atoms with van der Waals surface area (Å²) in [4.78, 5) is 22.9. The maximum atomic E-state index is 12.9. The predicted molar refractivity (Wildman–Crippen MR) is 259 cm³/mol. The number of amides is 1. The van der Waals surface area contributed by atoms with Crippen molar-refractivity contribution in [1.82, 2.24) is 5.32 Å². The molecule has 3 atom stereocenters. The van der Waals surface area contributed by atoms with Gasteiger partial charge in [-0.25, -0.2) is 4.57 Å². The van der Waals surface area contributed by atoms with Crippen LogP contribution in [0.1, 0.15) is 290 Å². The average Bonchev–Trinajstić information content (AvgIpc) is 3.24. The highest BCUT2D eigenvalue weighted by Crippen LogP contribution is 2.43. The van der Waals surface area contributed by atoms with Gasteiger partial charge in [0, 0.05) is 13.0 Å². The highest BCUT2D eigenvalue weighted by molar-refractivity contribution is 7.47. The minimum absolute atomic E-state index is 0.0929. The molecule has 8 nitrogen and oxygen atoms in total. The molecule has 0 aromatic carbocycles. The molecule has 5 N–H and O–H groups in total. The topological polar surface area (TPSA) is 131 Å². The number of aliphatic hydroxyl groups is 1. The second kappa shape index (κ2) is 48.0. The van der Waals surface area contributed by atoms with E-state index in [0.717, 1.165) is 38.5 Å². The van der Waals surface area contributed by atoms with Crippen molar-refractivity contribution in [3.8, 4) is 0 Å². The van der Waals surface area contributed by atoms with Gasteiger partial charge in [-0.1, -0.05) is 271 Å². The summed E-state index contributed by atoms with van der Waals surface area (Å²) >= 11 is 0. The van der Waals surface area contributed by atoms with E-state index >= 15 is 0 Å². The van der Waals surface area contributed by atoms with Crippen LogP contribution in [0.25, 0.3) is 0 Å². The number of unbranched alkanes of at least 4 members (excludes halogenated alkanes) is 39. The van der Waals surface area contributed by atoms with Crippen LogP contribution in [0.5, 0.6) is 0 Å². The van der Waals surface area contributed by atoms with Crippen molar-refractivity contribution >= 4 is 13.7 Å². The Balaban J connectivity index is 3.98. The van der Waals surface area contributed by atoms with Gasteiger partial charge in [0.05, 0.1) is 25.4 Å². The summed E-state index contributed by atoms with van der Waals surface area (Å²) in [6, 6.07) is -0.769. The molecule has 0 spiro atoms. The van der Waals surface area contributed by atoms with Gasteiger partial charge in [0.1, 0.15) is 0 Å². The summed E-state index contributed by atoms with van der Waals surface area (Å²) in [5.41, 5.74) is 5.40. The third-order valence-corrected chi connectivity index (χ3v) is 13.4. The molecule has 0 saturated carbocycles. The van der Waals surface area contributed by atoms with E-state index in [1.165, 1.54) is 225 Å². The van der Waals surface area contributed by atoms with Gasteiger partial charge < -0.3 is 21.1 Å². The molecule has 9 heteroatoms. The molecule has 3 unspecified atom stereocenters. The first-order valence-electron chi connectivity index (χ1n) is 26.7. The minimum Gasteiger partial charge on any atom is -0.391 e. The van der Waals surface area contributed by atoms with Gasteiger partial charge in [-0.3, -0.25) is 13.8 Å². The van der Waals surface area contributed by atoms with E-state index in [9.17, 15) is 19.4 Å². The molecular formula is C51H105N2O6P. The van der Waals surface area contributed by atoms with Crippen molar-refractivity contribution in [2.24, 2.45) is 5.73 Å². The van der Waals surface area contributed by atoms with Crippen LogP contribution in [-0.2, 0) is 18.4 Å². The molecule has 0 aromatic heterocycles. The molecule has 0 aliphatic carbocycles. The molecule has 0 aliphatic rings. The van der Waals surface area contributed by atoms with Crippen LogP contribution in [0, 0.1) is 0 Å². The molecule has 0 radical (unpaired) electrons. The number of hydrogen-bond acceptors (Lipinski definition) is 6. The third-order valence-electron chi connectivity index (χ3n) is 12.5. The number of carbonyl (C=O) groups is 1. The van der Waals surface area contributed by atoms with Gasteiger partial charge in [0.15, 0.2) is 0 Å². The predicted octanol–water partition coefficient (Wildman–Crippen LogP) is 15.7. The van der Waals surface area contributed by atoms with Crippen molar-refractivity contribution in [2.75, 3.05) is 19.8 Å². The summed E-state index contributed by atoms with van der Waals surface area (Å²) in [5.74, 6) is -0.153. The van der Waals surface area contributed by atoms with Crippen molar-refractivity contribution in [3.63, 3.8) is 0 Å². The molecule has 0 heterocycles. The molecule has 60 heavy (non-hydrogen) atoms. The number of rotatable bonds is 51. The lowest BCUT2D eigenvalue weighted by atomic mass is 10.0. The fourth-order valence-corrected chi connectivity index (χ4v) is 9.19. The zero-order chi connectivity index (χ0) is 43.9. The van der Waals surface area contributed by atoms with E-state index in [0.29, 0.717) is 12.8 Å². The maximum absolute atomic E-state index is 12.9. The average molecular weight is 873 g/mol. The number of phosphoric ester groups is 1. The highest BCUT2D eigenvalue weighted by Gasteiger charge is 2.27. The third kappa shape index (κ3) is 45.5. The number of aliphatic hydroxyl groups excluding tert-OH is 1. The van der Waals surface area contributed by atoms with Crippen molar-refractivity contribution < 1.29 is 28.4 Å². The second-order valence-electron chi connectivity index (χ2n) is 18.5. The maximum Gasteiger partial charge on any atom is 0.472 e. The van der Waals surface area contributed by atoms with Gasteiger partial charge >= 0.3 is 7.82 Å². The van der Waals surface area contributed by atoms with Gasteiger partial charge in [0.2, 0.25) is 5.91 Å². The molecule has 0 aliphatic heterocycles. The smallest absolute Gasteiger partial charge is 0.391 e. The zero-order valence-electron chi connectivity index (χ0n) is 40.2. The Hall–Kier alpha value is -0.500. The normalized spacial score (nSPS) is 13.8. The number of hydrogen-bond donors (Lipinski definition) is 4. The van der Waals surface area contributed by atoms with Crippen LogP contribution >= 0.6 is 7.82 Å². The van der Waals surface area contributed by atoms with Crippen LogP contribution in [0.2, 0.25) is 0 Å². The van der Waals surface area contributed by atoms with Gasteiger partial charge in [-0.05, 0) is 12.8 Å². The number of nitrogens with two attached hydrogens (primary N) is 1. The Bertz CT molecular complexity index is 911. The van der Waals surface area contributed by atoms with Gasteiger partial charge in [0.25, 0.3) is 0 Å². The van der Waals surface area contributed by atoms with E-state index in [1.54, 1.807) is 0 Å². The van der Waals surface area contributed by atoms with Crippen LogP contribution in [0.3, 0.4) is 0 Å². The largest absolute Gasteiger partial charge is 0.472 e. The first-order chi connectivity index (χ1) is 29.4. The van der Waals surface area contributed by atoms with E-state index < -0.39 is 20.0 Å². The van der Waals surface area contributed by atoms with Crippen molar-refractivity contribution in [2.45, 2.75) is 302 Å². The molecule has 0 rings (SSSR count). The summed E-state index contributed by atoms with van der Waals surface area (Å²) < 4.78 is 22.3. The van der Waals surface area contributed by atoms with Gasteiger partial charge in [-0.15, -0.1) is 0 Å². The first-order valence-corrected chi connectivity index (χ1v) is 28.1. The number of carbonyl (C=O) groups excluding carboxylic acids is 1. The molecule has 0 saturated heterocycles. The first kappa shape index (κ1) is 59.5. The minimum atomic E-state index is -4.32. The van der Waals surface area contributed by atoms with E-state index in [2.05, 4.69) is 19.2 Å². The molecular weight excluding hydrogens is 768 g/mol. The van der Waals surface area contributed by atoms with E-state index in [-0.39, 0.29) is 25.7 Å². The van der Waals surface area contributed by atoms with Gasteiger partial charge in [-0.2, -0.15) is 0 Å². The van der Waals surface area contributed by atoms with Crippen LogP contribution in [0.15, 0.2) is 0 Å². The Morgan fingerprint density at radius 2 is 0.767 bits per heavy atom. The number of nitrogens with one attached hydrogen (secondary N) is 1. The Kier molecular flexibility index (Phi) is 47.6. The van der Waals surface area contributed by atoms with E-state index in [4.69, 9.17) is 14.8 Å². The number of phosphoric acid groups is 1. The van der Waals surface area contributed by atoms with Crippen LogP contribution < -0.4 is 11.1 Å². The van der Waals surface area contributed by atoms with E-state index in [1.807, 2.05) is 0 Å². The van der Waals surface area contributed by atoms with Crippen molar-refractivity contribution in [1.29, 1.82) is 0 Å². The summed E-state index contributed by atoms with van der Waals surface area (Å²) in [5, 5.41) is 13.9. The lowest BCUT2D eigenvalue weighted by Crippen LogP contribution is -2.46. The molecule has 0 fully saturated rings. The molecule has 0 bridgehead atoms. The fraction of sp³-hybridized carbons (Fsp3) is 0.980. The highest BCUT2D eigenvalue weighted by atomic mass is 31.2. The Morgan fingerprint density at radius 1 is 0.483 bits per heavy atom. The Labute approximate surface area is 373 Å². The monoisotopic (exact) mass is 873 g/mol. The molecule has 360 valence electrons. The summed E-state index contributed by atoms with van der Waals surface area (Å²) in [7, 11) is -4.32. The van der Waals surface area contributed by atoms with Crippen LogP contribution in [-0.4, -0.2) is 47.8 Å². The lowest BCUT2D eigenvalue weighted by Gasteiger charge is -2.25. The zero-order valence-corrected chi connectivity index (χ0v) is 41.1. The lowest BCUT2D eigenvalue weighted by molar-refractivity contribution is -0.123. The SMILES string of the molecule is CCCCCCCCCCCCCCCCCCCCCCCCC(=O)NC(COP(=O)(O)OCCN)C(O)CCCCCCCCCCCCCCCCCCCCC. The Morgan fingerprint density at radius 3 is 1.07 bits per heavy atom. The summed E-state index contributed by atoms with van der Waals surface area (Å²) in [6.07, 6.45) is 54.1. The standard InChI is InChI=1S/C51H105N2O6P/c1-3-5-7-9-11-13-15-17-19-21-23-24-25-27-29-31-33-35-37-39-41-43-45-51(55)53-49(48-59-60(56,57)58-47-46-52)50(54)44-42-40-38-36-34-32-30-28-26-22-20-18-16-14-12-10-8-6-4-2/h49-50,54H,3-48,52H2,1-2H3,(H,53,55)(H,56,57). The molecule has 1 amide bonds. The fourth-order valence-electron chi connectivity index (χ4n) is 8.44. The van der Waals surface area contributed by atoms with Crippen LogP contribution in [0.4, 0.5) is 0 Å². The summed E-state index contributed by atoms with van der Waals surface area (Å²) in [6.45, 7) is 4.27.